The molecule has 1 heterocycles. The number of nitrogens with one attached hydrogen (secondary N) is 1. The molecule has 0 saturated carbocycles. The van der Waals surface area contributed by atoms with E-state index in [0.29, 0.717) is 22.7 Å². The molecule has 3 aromatic rings. The Kier molecular flexibility index (Phi) is 5.97. The Balaban J connectivity index is 1.57. The van der Waals surface area contributed by atoms with Gasteiger partial charge in [-0.15, -0.1) is 0 Å². The van der Waals surface area contributed by atoms with Gasteiger partial charge in [0.1, 0.15) is 5.82 Å². The van der Waals surface area contributed by atoms with Crippen LogP contribution in [0.4, 0.5) is 10.1 Å². The molecule has 0 spiro atoms. The van der Waals surface area contributed by atoms with Crippen molar-refractivity contribution in [3.8, 4) is 0 Å². The Hall–Kier alpha value is -2.90. The van der Waals surface area contributed by atoms with Gasteiger partial charge in [0, 0.05) is 16.6 Å². The fourth-order valence-electron chi connectivity index (χ4n) is 3.95. The standard InChI is InChI=1S/C24H22ClFN2O3S/c1-15-13-19-14-18(24(29)27-16(2)17-3-8-21(26)9-4-17)5-12-23(19)28(15)32(30,31)22-10-6-20(25)7-11-22/h3-12,14-16H,13H2,1-2H3,(H,27,29)/t15-,16-/m0/s1. The van der Waals surface area contributed by atoms with Crippen LogP contribution < -0.4 is 9.62 Å². The van der Waals surface area contributed by atoms with E-state index in [1.165, 1.54) is 28.6 Å². The van der Waals surface area contributed by atoms with Crippen LogP contribution in [0.5, 0.6) is 0 Å². The van der Waals surface area contributed by atoms with Crippen LogP contribution in [0, 0.1) is 5.82 Å². The first-order chi connectivity index (χ1) is 15.2. The van der Waals surface area contributed by atoms with E-state index in [-0.39, 0.29) is 28.7 Å². The van der Waals surface area contributed by atoms with Gasteiger partial charge in [-0.1, -0.05) is 23.7 Å². The van der Waals surface area contributed by atoms with Crippen molar-refractivity contribution in [2.24, 2.45) is 0 Å². The highest BCUT2D eigenvalue weighted by Crippen LogP contribution is 2.37. The molecule has 4 rings (SSSR count). The van der Waals surface area contributed by atoms with Crippen molar-refractivity contribution in [1.82, 2.24) is 5.32 Å². The largest absolute Gasteiger partial charge is 0.346 e. The maximum absolute atomic E-state index is 13.2. The van der Waals surface area contributed by atoms with Crippen molar-refractivity contribution in [2.75, 3.05) is 4.31 Å². The first kappa shape index (κ1) is 22.3. The number of carbonyl (C=O) groups excluding carboxylic acids is 1. The summed E-state index contributed by atoms with van der Waals surface area (Å²) in [4.78, 5) is 12.9. The lowest BCUT2D eigenvalue weighted by Crippen LogP contribution is -2.35. The van der Waals surface area contributed by atoms with E-state index in [0.717, 1.165) is 11.1 Å². The summed E-state index contributed by atoms with van der Waals surface area (Å²) in [6.45, 7) is 3.66. The van der Waals surface area contributed by atoms with Crippen LogP contribution in [-0.2, 0) is 16.4 Å². The summed E-state index contributed by atoms with van der Waals surface area (Å²) in [5, 5.41) is 3.36. The van der Waals surface area contributed by atoms with Gasteiger partial charge < -0.3 is 5.32 Å². The summed E-state index contributed by atoms with van der Waals surface area (Å²) < 4.78 is 41.0. The average molecular weight is 473 g/mol. The molecule has 5 nitrogen and oxygen atoms in total. The van der Waals surface area contributed by atoms with Gasteiger partial charge in [-0.25, -0.2) is 12.8 Å². The molecule has 32 heavy (non-hydrogen) atoms. The Morgan fingerprint density at radius 2 is 1.75 bits per heavy atom. The number of hydrogen-bond acceptors (Lipinski definition) is 3. The van der Waals surface area contributed by atoms with Crippen molar-refractivity contribution in [3.05, 3.63) is 94.3 Å². The number of carbonyl (C=O) groups is 1. The minimum Gasteiger partial charge on any atom is -0.346 e. The van der Waals surface area contributed by atoms with E-state index in [4.69, 9.17) is 11.6 Å². The summed E-state index contributed by atoms with van der Waals surface area (Å²) in [5.41, 5.74) is 2.58. The predicted molar refractivity (Wildman–Crippen MR) is 123 cm³/mol. The van der Waals surface area contributed by atoms with Crippen LogP contribution in [0.15, 0.2) is 71.6 Å². The lowest BCUT2D eigenvalue weighted by molar-refractivity contribution is 0.0940. The van der Waals surface area contributed by atoms with Crippen LogP contribution in [0.3, 0.4) is 0 Å². The SMILES string of the molecule is C[C@H](NC(=O)c1ccc2c(c1)C[C@H](C)N2S(=O)(=O)c1ccc(Cl)cc1)c1ccc(F)cc1. The molecular weight excluding hydrogens is 451 g/mol. The zero-order valence-electron chi connectivity index (χ0n) is 17.5. The minimum absolute atomic E-state index is 0.163. The van der Waals surface area contributed by atoms with Crippen molar-refractivity contribution in [2.45, 2.75) is 37.2 Å². The zero-order chi connectivity index (χ0) is 23.0. The second-order valence-corrected chi connectivity index (χ2v) is 10.1. The van der Waals surface area contributed by atoms with Crippen molar-refractivity contribution >= 4 is 33.2 Å². The first-order valence-electron chi connectivity index (χ1n) is 10.2. The highest BCUT2D eigenvalue weighted by atomic mass is 35.5. The molecular formula is C24H22ClFN2O3S. The molecule has 0 bridgehead atoms. The molecule has 1 aliphatic heterocycles. The molecule has 0 saturated heterocycles. The fourth-order valence-corrected chi connectivity index (χ4v) is 5.76. The fraction of sp³-hybridized carbons (Fsp3) is 0.208. The number of amides is 1. The smallest absolute Gasteiger partial charge is 0.264 e. The highest BCUT2D eigenvalue weighted by molar-refractivity contribution is 7.92. The van der Waals surface area contributed by atoms with Crippen LogP contribution in [0.25, 0.3) is 0 Å². The van der Waals surface area contributed by atoms with E-state index in [1.807, 2.05) is 13.8 Å². The summed E-state index contributed by atoms with van der Waals surface area (Å²) in [5.74, 6) is -0.616. The minimum atomic E-state index is -3.77. The zero-order valence-corrected chi connectivity index (χ0v) is 19.1. The third kappa shape index (κ3) is 4.23. The third-order valence-corrected chi connectivity index (χ3v) is 7.78. The quantitative estimate of drug-likeness (QED) is 0.561. The molecule has 0 fully saturated rings. The summed E-state index contributed by atoms with van der Waals surface area (Å²) in [6.07, 6.45) is 0.497. The number of sulfonamides is 1. The van der Waals surface area contributed by atoms with E-state index < -0.39 is 10.0 Å². The first-order valence-corrected chi connectivity index (χ1v) is 12.0. The van der Waals surface area contributed by atoms with E-state index in [9.17, 15) is 17.6 Å². The summed E-state index contributed by atoms with van der Waals surface area (Å²) in [7, 11) is -3.77. The number of nitrogens with zero attached hydrogens (tertiary/aromatic N) is 1. The third-order valence-electron chi connectivity index (χ3n) is 5.58. The molecule has 8 heteroatoms. The number of rotatable bonds is 5. The molecule has 3 aromatic carbocycles. The molecule has 0 aromatic heterocycles. The van der Waals surface area contributed by atoms with Gasteiger partial charge in [0.2, 0.25) is 0 Å². The van der Waals surface area contributed by atoms with E-state index in [2.05, 4.69) is 5.32 Å². The molecule has 1 aliphatic rings. The molecule has 0 unspecified atom stereocenters. The number of hydrogen-bond donors (Lipinski definition) is 1. The number of halogens is 2. The maximum atomic E-state index is 13.2. The van der Waals surface area contributed by atoms with Gasteiger partial charge in [-0.3, -0.25) is 9.10 Å². The lowest BCUT2D eigenvalue weighted by Gasteiger charge is -2.24. The lowest BCUT2D eigenvalue weighted by atomic mass is 10.0. The topological polar surface area (TPSA) is 66.5 Å². The Morgan fingerprint density at radius 1 is 1.09 bits per heavy atom. The van der Waals surface area contributed by atoms with Gasteiger partial charge in [0.15, 0.2) is 0 Å². The Bertz CT molecular complexity index is 1260. The van der Waals surface area contributed by atoms with E-state index >= 15 is 0 Å². The Morgan fingerprint density at radius 3 is 2.41 bits per heavy atom. The van der Waals surface area contributed by atoms with Gasteiger partial charge in [-0.05, 0) is 86.0 Å². The van der Waals surface area contributed by atoms with Crippen molar-refractivity contribution < 1.29 is 17.6 Å². The molecule has 166 valence electrons. The number of anilines is 1. The van der Waals surface area contributed by atoms with Crippen LogP contribution in [-0.4, -0.2) is 20.4 Å². The molecule has 0 radical (unpaired) electrons. The molecule has 0 aliphatic carbocycles. The maximum Gasteiger partial charge on any atom is 0.264 e. The van der Waals surface area contributed by atoms with Gasteiger partial charge in [0.25, 0.3) is 15.9 Å². The number of fused-ring (bicyclic) bond motifs is 1. The monoisotopic (exact) mass is 472 g/mol. The number of benzene rings is 3. The van der Waals surface area contributed by atoms with Crippen LogP contribution in [0.2, 0.25) is 5.02 Å². The average Bonchev–Trinajstić information content (AvgIpc) is 3.10. The molecule has 1 amide bonds. The van der Waals surface area contributed by atoms with Gasteiger partial charge in [-0.2, -0.15) is 0 Å². The van der Waals surface area contributed by atoms with Gasteiger partial charge in [0.05, 0.1) is 16.6 Å². The summed E-state index contributed by atoms with van der Waals surface area (Å²) >= 11 is 5.90. The molecule has 2 atom stereocenters. The highest BCUT2D eigenvalue weighted by Gasteiger charge is 2.36. The van der Waals surface area contributed by atoms with E-state index in [1.54, 1.807) is 42.5 Å². The summed E-state index contributed by atoms with van der Waals surface area (Å²) in [6, 6.07) is 16.5. The van der Waals surface area contributed by atoms with Crippen LogP contribution >= 0.6 is 11.6 Å². The van der Waals surface area contributed by atoms with Crippen molar-refractivity contribution in [1.29, 1.82) is 0 Å². The van der Waals surface area contributed by atoms with Gasteiger partial charge >= 0.3 is 0 Å². The Labute approximate surface area is 191 Å². The van der Waals surface area contributed by atoms with Crippen LogP contribution in [0.1, 0.15) is 41.4 Å². The molecule has 1 N–H and O–H groups in total. The normalized spacial score (nSPS) is 16.5. The second kappa shape index (κ2) is 8.56. The predicted octanol–water partition coefficient (Wildman–Crippen LogP) is 5.11. The van der Waals surface area contributed by atoms with Crippen molar-refractivity contribution in [3.63, 3.8) is 0 Å². The second-order valence-electron chi connectivity index (χ2n) is 7.90.